The minimum atomic E-state index is -0.503. The van der Waals surface area contributed by atoms with Gasteiger partial charge in [-0.25, -0.2) is 4.90 Å². The fourth-order valence-corrected chi connectivity index (χ4v) is 4.41. The Bertz CT molecular complexity index is 799. The van der Waals surface area contributed by atoms with Gasteiger partial charge in [0, 0.05) is 24.0 Å². The number of carbonyl (C=O) groups excluding carboxylic acids is 2. The molecule has 1 saturated heterocycles. The molecular formula is C18H16N2O4. The van der Waals surface area contributed by atoms with E-state index in [0.717, 1.165) is 0 Å². The summed E-state index contributed by atoms with van der Waals surface area (Å²) in [4.78, 5) is 37.2. The molecule has 2 fully saturated rings. The van der Waals surface area contributed by atoms with Crippen molar-refractivity contribution in [1.29, 1.82) is 0 Å². The van der Waals surface area contributed by atoms with E-state index in [1.54, 1.807) is 0 Å². The molecule has 24 heavy (non-hydrogen) atoms. The predicted octanol–water partition coefficient (Wildman–Crippen LogP) is 2.85. The van der Waals surface area contributed by atoms with Gasteiger partial charge in [0.1, 0.15) is 0 Å². The lowest BCUT2D eigenvalue weighted by atomic mass is 9.85. The van der Waals surface area contributed by atoms with Crippen LogP contribution in [0.2, 0.25) is 0 Å². The molecule has 122 valence electrons. The van der Waals surface area contributed by atoms with Crippen LogP contribution in [0.4, 0.5) is 11.4 Å². The maximum Gasteiger partial charge on any atom is 0.269 e. The largest absolute Gasteiger partial charge is 0.274 e. The zero-order valence-electron chi connectivity index (χ0n) is 13.3. The van der Waals surface area contributed by atoms with Crippen molar-refractivity contribution in [3.8, 4) is 0 Å². The minimum Gasteiger partial charge on any atom is -0.274 e. The summed E-state index contributed by atoms with van der Waals surface area (Å²) in [7, 11) is 0. The molecule has 6 nitrogen and oxygen atoms in total. The van der Waals surface area contributed by atoms with E-state index in [2.05, 4.69) is 0 Å². The van der Waals surface area contributed by atoms with Crippen LogP contribution in [-0.4, -0.2) is 16.7 Å². The molecule has 1 saturated carbocycles. The Kier molecular flexibility index (Phi) is 3.00. The third-order valence-electron chi connectivity index (χ3n) is 5.31. The summed E-state index contributed by atoms with van der Waals surface area (Å²) in [6.07, 6.45) is 4.08. The van der Waals surface area contributed by atoms with Crippen molar-refractivity contribution in [3.63, 3.8) is 0 Å². The molecule has 2 aliphatic carbocycles. The SMILES string of the molecule is CC(C)=C1[C@H]2C=C[C@H]1[C@H]1C(=O)N(c3ccc([N+](=O)[O-])cc3)C(=O)[C@@H]12. The maximum absolute atomic E-state index is 12.9. The van der Waals surface area contributed by atoms with Crippen LogP contribution in [-0.2, 0) is 9.59 Å². The number of amides is 2. The average molecular weight is 324 g/mol. The van der Waals surface area contributed by atoms with Crippen molar-refractivity contribution in [1.82, 2.24) is 0 Å². The number of rotatable bonds is 2. The van der Waals surface area contributed by atoms with Gasteiger partial charge in [0.15, 0.2) is 0 Å². The van der Waals surface area contributed by atoms with E-state index >= 15 is 0 Å². The van der Waals surface area contributed by atoms with Gasteiger partial charge in [0.05, 0.1) is 22.4 Å². The number of nitro benzene ring substituents is 1. The van der Waals surface area contributed by atoms with Gasteiger partial charge >= 0.3 is 0 Å². The lowest BCUT2D eigenvalue weighted by molar-refractivity contribution is -0.384. The quantitative estimate of drug-likeness (QED) is 0.362. The topological polar surface area (TPSA) is 80.5 Å². The van der Waals surface area contributed by atoms with Gasteiger partial charge in [-0.3, -0.25) is 19.7 Å². The van der Waals surface area contributed by atoms with Crippen LogP contribution in [0.15, 0.2) is 47.6 Å². The number of hydrogen-bond acceptors (Lipinski definition) is 4. The van der Waals surface area contributed by atoms with Crippen LogP contribution in [0.5, 0.6) is 0 Å². The van der Waals surface area contributed by atoms with Crippen molar-refractivity contribution in [2.24, 2.45) is 23.7 Å². The van der Waals surface area contributed by atoms with Crippen molar-refractivity contribution in [2.75, 3.05) is 4.90 Å². The molecule has 2 bridgehead atoms. The summed E-state index contributed by atoms with van der Waals surface area (Å²) in [5, 5.41) is 10.8. The fourth-order valence-electron chi connectivity index (χ4n) is 4.41. The maximum atomic E-state index is 12.9. The Morgan fingerprint density at radius 1 is 1.00 bits per heavy atom. The number of non-ortho nitro benzene ring substituents is 1. The average Bonchev–Trinajstić information content (AvgIpc) is 3.18. The summed E-state index contributed by atoms with van der Waals surface area (Å²) in [6.45, 7) is 4.04. The Hall–Kier alpha value is -2.76. The molecule has 2 amide bonds. The first kappa shape index (κ1) is 14.8. The number of carbonyl (C=O) groups is 2. The third kappa shape index (κ3) is 1.76. The summed E-state index contributed by atoms with van der Waals surface area (Å²) < 4.78 is 0. The highest BCUT2D eigenvalue weighted by Gasteiger charge is 2.61. The zero-order valence-corrected chi connectivity index (χ0v) is 13.3. The van der Waals surface area contributed by atoms with Gasteiger partial charge in [0.25, 0.3) is 5.69 Å². The smallest absolute Gasteiger partial charge is 0.269 e. The molecule has 0 aromatic heterocycles. The highest BCUT2D eigenvalue weighted by molar-refractivity contribution is 6.23. The molecule has 1 heterocycles. The Labute approximate surface area is 138 Å². The number of allylic oxidation sites excluding steroid dienone is 4. The number of anilines is 1. The molecule has 1 aromatic rings. The second-order valence-corrected chi connectivity index (χ2v) is 6.73. The van der Waals surface area contributed by atoms with Crippen molar-refractivity contribution in [2.45, 2.75) is 13.8 Å². The molecule has 0 spiro atoms. The first-order valence-electron chi connectivity index (χ1n) is 7.89. The zero-order chi connectivity index (χ0) is 17.2. The van der Waals surface area contributed by atoms with Gasteiger partial charge in [0.2, 0.25) is 11.8 Å². The highest BCUT2D eigenvalue weighted by Crippen LogP contribution is 2.57. The summed E-state index contributed by atoms with van der Waals surface area (Å²) in [5.74, 6) is -1.07. The van der Waals surface area contributed by atoms with Crippen LogP contribution >= 0.6 is 0 Å². The number of hydrogen-bond donors (Lipinski definition) is 0. The molecule has 1 aliphatic heterocycles. The van der Waals surface area contributed by atoms with Crippen molar-refractivity contribution < 1.29 is 14.5 Å². The number of nitrogens with zero attached hydrogens (tertiary/aromatic N) is 2. The second kappa shape index (κ2) is 4.87. The van der Waals surface area contributed by atoms with E-state index in [9.17, 15) is 19.7 Å². The summed E-state index contributed by atoms with van der Waals surface area (Å²) in [6, 6.07) is 5.56. The molecule has 3 aliphatic rings. The molecule has 6 heteroatoms. The lowest BCUT2D eigenvalue weighted by Crippen LogP contribution is -2.33. The Morgan fingerprint density at radius 3 is 1.92 bits per heavy atom. The summed E-state index contributed by atoms with van der Waals surface area (Å²) >= 11 is 0. The van der Waals surface area contributed by atoms with Crippen molar-refractivity contribution >= 4 is 23.2 Å². The Balaban J connectivity index is 1.71. The van der Waals surface area contributed by atoms with Gasteiger partial charge < -0.3 is 0 Å². The predicted molar refractivity (Wildman–Crippen MR) is 87.1 cm³/mol. The van der Waals surface area contributed by atoms with Gasteiger partial charge in [-0.05, 0) is 26.0 Å². The van der Waals surface area contributed by atoms with E-state index in [1.165, 1.54) is 40.3 Å². The number of benzene rings is 1. The van der Waals surface area contributed by atoms with Crippen LogP contribution in [0.3, 0.4) is 0 Å². The molecule has 0 radical (unpaired) electrons. The molecule has 0 N–H and O–H groups in total. The lowest BCUT2D eigenvalue weighted by Gasteiger charge is -2.19. The number of imide groups is 1. The van der Waals surface area contributed by atoms with E-state index < -0.39 is 4.92 Å². The number of fused-ring (bicyclic) bond motifs is 5. The molecule has 4 rings (SSSR count). The first-order valence-corrected chi connectivity index (χ1v) is 7.89. The fraction of sp³-hybridized carbons (Fsp3) is 0.333. The molecule has 4 atom stereocenters. The summed E-state index contributed by atoms with van der Waals surface area (Å²) in [5.41, 5.74) is 2.72. The van der Waals surface area contributed by atoms with Gasteiger partial charge in [-0.15, -0.1) is 0 Å². The standard InChI is InChI=1S/C18H16N2O4/c1-9(2)14-12-7-8-13(14)16-15(12)17(21)19(18(16)22)10-3-5-11(6-4-10)20(23)24/h3-8,12-13,15-16H,1-2H3/t12-,13-,15-,16-/m1/s1. The van der Waals surface area contributed by atoms with E-state index in [4.69, 9.17) is 0 Å². The molecular weight excluding hydrogens is 308 g/mol. The first-order chi connectivity index (χ1) is 11.4. The second-order valence-electron chi connectivity index (χ2n) is 6.73. The van der Waals surface area contributed by atoms with Gasteiger partial charge in [-0.1, -0.05) is 23.3 Å². The normalized spacial score (nSPS) is 30.2. The molecule has 1 aromatic carbocycles. The third-order valence-corrected chi connectivity index (χ3v) is 5.31. The molecule has 0 unspecified atom stereocenters. The highest BCUT2D eigenvalue weighted by atomic mass is 16.6. The van der Waals surface area contributed by atoms with E-state index in [-0.39, 0.29) is 41.2 Å². The monoisotopic (exact) mass is 324 g/mol. The Morgan fingerprint density at radius 2 is 1.50 bits per heavy atom. The van der Waals surface area contributed by atoms with E-state index in [0.29, 0.717) is 5.69 Å². The minimum absolute atomic E-state index is 0.00417. The van der Waals surface area contributed by atoms with Gasteiger partial charge in [-0.2, -0.15) is 0 Å². The van der Waals surface area contributed by atoms with Crippen LogP contribution < -0.4 is 4.90 Å². The van der Waals surface area contributed by atoms with Crippen LogP contribution in [0, 0.1) is 33.8 Å². The van der Waals surface area contributed by atoms with Crippen molar-refractivity contribution in [3.05, 3.63) is 57.7 Å². The van der Waals surface area contributed by atoms with E-state index in [1.807, 2.05) is 26.0 Å². The van der Waals surface area contributed by atoms with Crippen LogP contribution in [0.25, 0.3) is 0 Å². The van der Waals surface area contributed by atoms with Crippen LogP contribution in [0.1, 0.15) is 13.8 Å². The number of nitro groups is 1.